The first-order valence-electron chi connectivity index (χ1n) is 22.9. The first kappa shape index (κ1) is 43.6. The second-order valence-corrected chi connectivity index (χ2v) is 21.0. The maximum Gasteiger partial charge on any atom is 0.246 e. The minimum atomic E-state index is -0.871. The van der Waals surface area contributed by atoms with Gasteiger partial charge in [-0.05, 0) is 91.2 Å². The van der Waals surface area contributed by atoms with Crippen LogP contribution in [-0.2, 0) is 27.3 Å². The van der Waals surface area contributed by atoms with Gasteiger partial charge in [-0.1, -0.05) is 57.2 Å². The zero-order valence-electron chi connectivity index (χ0n) is 37.9. The van der Waals surface area contributed by atoms with Crippen molar-refractivity contribution in [1.82, 2.24) is 45.7 Å². The smallest absolute Gasteiger partial charge is 0.246 e. The van der Waals surface area contributed by atoms with Crippen LogP contribution in [0.15, 0.2) is 72.5 Å². The molecule has 0 radical (unpaired) electrons. The van der Waals surface area contributed by atoms with E-state index in [1.165, 1.54) is 4.90 Å². The van der Waals surface area contributed by atoms with Crippen molar-refractivity contribution in [2.24, 2.45) is 16.7 Å². The normalized spacial score (nSPS) is 23.5. The maximum absolute atomic E-state index is 14.3. The third-order valence-electron chi connectivity index (χ3n) is 14.5. The van der Waals surface area contributed by atoms with E-state index in [-0.39, 0.29) is 53.8 Å². The summed E-state index contributed by atoms with van der Waals surface area (Å²) in [5.74, 6) is 0.123. The number of phenolic OH excluding ortho intramolecular Hbond substituents is 1. The Bertz CT molecular complexity index is 2800. The molecule has 6 heterocycles. The number of hydrogen-bond donors (Lipinski definition) is 5. The van der Waals surface area contributed by atoms with E-state index in [9.17, 15) is 24.6 Å². The second-order valence-electron chi connectivity index (χ2n) is 20.1. The number of fused-ring (bicyclic) bond motifs is 3. The highest BCUT2D eigenvalue weighted by atomic mass is 32.1. The van der Waals surface area contributed by atoms with Crippen LogP contribution in [0, 0.1) is 23.7 Å². The third kappa shape index (κ3) is 8.18. The fourth-order valence-corrected chi connectivity index (χ4v) is 11.5. The molecule has 0 bridgehead atoms. The van der Waals surface area contributed by atoms with Crippen LogP contribution >= 0.6 is 11.3 Å². The molecule has 0 unspecified atom stereocenters. The molecule has 3 fully saturated rings. The van der Waals surface area contributed by atoms with Crippen LogP contribution in [0.3, 0.4) is 0 Å². The number of nitrogens with zero attached hydrogens (tertiary/aromatic N) is 7. The van der Waals surface area contributed by atoms with Crippen LogP contribution in [0.2, 0.25) is 0 Å². The Kier molecular flexibility index (Phi) is 11.2. The maximum atomic E-state index is 14.3. The Morgan fingerprint density at radius 3 is 2.39 bits per heavy atom. The molecule has 1 saturated heterocycles. The monoisotopic (exact) mass is 908 g/mol. The number of aromatic amines is 1. The van der Waals surface area contributed by atoms with E-state index in [1.807, 2.05) is 95.0 Å². The highest BCUT2D eigenvalue weighted by Crippen LogP contribution is 2.64. The molecule has 4 aromatic heterocycles. The first-order chi connectivity index (χ1) is 31.6. The molecular weight excluding hydrogens is 853 g/mol. The number of phenols is 1. The van der Waals surface area contributed by atoms with Crippen LogP contribution in [0.5, 0.6) is 5.75 Å². The van der Waals surface area contributed by atoms with E-state index in [0.29, 0.717) is 29.7 Å². The number of aromatic hydroxyl groups is 1. The number of carbonyl (C=O) groups excluding carboxylic acids is 3. The highest BCUT2D eigenvalue weighted by Gasteiger charge is 2.56. The first-order valence-corrected chi connectivity index (χ1v) is 23.8. The number of para-hydroxylation sites is 1. The van der Waals surface area contributed by atoms with Crippen molar-refractivity contribution in [2.75, 3.05) is 18.0 Å². The zero-order chi connectivity index (χ0) is 46.1. The van der Waals surface area contributed by atoms with Gasteiger partial charge in [-0.3, -0.25) is 14.4 Å². The van der Waals surface area contributed by atoms with Gasteiger partial charge >= 0.3 is 0 Å². The number of aliphatic hydroxyl groups excluding tert-OH is 1. The van der Waals surface area contributed by atoms with Crippen molar-refractivity contribution < 1.29 is 24.6 Å². The molecule has 16 heteroatoms. The lowest BCUT2D eigenvalue weighted by Crippen LogP contribution is -2.60. The highest BCUT2D eigenvalue weighted by molar-refractivity contribution is 7.13. The molecule has 342 valence electrons. The van der Waals surface area contributed by atoms with Gasteiger partial charge in [0, 0.05) is 73.0 Å². The summed E-state index contributed by atoms with van der Waals surface area (Å²) in [6.07, 6.45) is 7.39. The van der Waals surface area contributed by atoms with E-state index < -0.39 is 23.6 Å². The molecule has 66 heavy (non-hydrogen) atoms. The zero-order valence-corrected chi connectivity index (χ0v) is 38.7. The number of hydrogen-bond acceptors (Lipinski definition) is 12. The number of thiazole rings is 1. The number of rotatable bonds is 10. The Morgan fingerprint density at radius 2 is 1.70 bits per heavy atom. The molecule has 5 N–H and O–H groups in total. The van der Waals surface area contributed by atoms with Crippen LogP contribution in [0.1, 0.15) is 99.8 Å². The molecule has 1 spiro atoms. The summed E-state index contributed by atoms with van der Waals surface area (Å²) in [7, 11) is 0. The van der Waals surface area contributed by atoms with E-state index in [2.05, 4.69) is 35.7 Å². The summed E-state index contributed by atoms with van der Waals surface area (Å²) >= 11 is 1.59. The Hall–Kier alpha value is -6.26. The summed E-state index contributed by atoms with van der Waals surface area (Å²) in [5, 5.41) is 37.1. The number of β-amino-alcohol motifs (C(OH)–C–C–N with tert-alkyl or cyclic N) is 1. The second kappa shape index (κ2) is 16.9. The molecule has 2 aliphatic carbocycles. The van der Waals surface area contributed by atoms with Gasteiger partial charge in [0.2, 0.25) is 23.7 Å². The molecule has 2 aliphatic heterocycles. The summed E-state index contributed by atoms with van der Waals surface area (Å²) in [5.41, 5.74) is 9.56. The third-order valence-corrected chi connectivity index (χ3v) is 15.4. The van der Waals surface area contributed by atoms with Gasteiger partial charge in [0.15, 0.2) is 5.65 Å². The minimum absolute atomic E-state index is 0.0245. The quantitative estimate of drug-likeness (QED) is 0.0973. The number of aryl methyl sites for hydroxylation is 1. The molecule has 4 atom stereocenters. The Balaban J connectivity index is 0.728. The standard InChI is InChI=1S/C50H56N10O5S/c1-27(29-10-12-30(13-11-29)42-28(2)53-26-66-42)54-46(64)40-16-34(61)24-60(40)47(65)43(49(3,4)5)56-45(63)32-20-50(21-32)18-31(19-50)33-22-51-48(52-23-33)59-15-14-38-37(25-59)36-17-39(57-58-44(36)55-38)35-8-6-7-9-41(35)62/h6-13,17,22-23,26-27,31-32,34,40,43,61-62H,14-16,18-21,24-25H2,1-5H3,(H,54,64)(H,55,58)(H,56,63)/t27-,31?,32?,34+,40-,43+,50?/m0/s1. The number of amides is 3. The molecule has 2 aromatic carbocycles. The number of carbonyl (C=O) groups is 3. The Morgan fingerprint density at radius 1 is 0.955 bits per heavy atom. The number of aliphatic hydroxyl groups is 1. The Labute approximate surface area is 387 Å². The van der Waals surface area contributed by atoms with Crippen molar-refractivity contribution in [3.63, 3.8) is 0 Å². The van der Waals surface area contributed by atoms with Gasteiger partial charge in [-0.2, -0.15) is 0 Å². The summed E-state index contributed by atoms with van der Waals surface area (Å²) < 4.78 is 0. The summed E-state index contributed by atoms with van der Waals surface area (Å²) in [6, 6.07) is 15.1. The van der Waals surface area contributed by atoms with Gasteiger partial charge in [0.25, 0.3) is 0 Å². The predicted molar refractivity (Wildman–Crippen MR) is 251 cm³/mol. The molecule has 6 aromatic rings. The number of nitrogens with one attached hydrogen (secondary N) is 3. The summed E-state index contributed by atoms with van der Waals surface area (Å²) in [6.45, 7) is 11.0. The van der Waals surface area contributed by atoms with Crippen molar-refractivity contribution in [2.45, 2.75) is 110 Å². The van der Waals surface area contributed by atoms with Crippen molar-refractivity contribution >= 4 is 46.0 Å². The van der Waals surface area contributed by atoms with E-state index >= 15 is 0 Å². The van der Waals surface area contributed by atoms with Crippen LogP contribution < -0.4 is 15.5 Å². The molecule has 3 amide bonds. The minimum Gasteiger partial charge on any atom is -0.507 e. The van der Waals surface area contributed by atoms with Crippen molar-refractivity contribution in [1.29, 1.82) is 0 Å². The predicted octanol–water partition coefficient (Wildman–Crippen LogP) is 6.76. The molecule has 15 nitrogen and oxygen atoms in total. The van der Waals surface area contributed by atoms with Gasteiger partial charge in [-0.15, -0.1) is 21.5 Å². The fraction of sp³-hybridized carbons (Fsp3) is 0.440. The van der Waals surface area contributed by atoms with Crippen molar-refractivity contribution in [3.8, 4) is 27.4 Å². The van der Waals surface area contributed by atoms with Gasteiger partial charge in [0.1, 0.15) is 17.8 Å². The average Bonchev–Trinajstić information content (AvgIpc) is 4.00. The number of aromatic nitrogens is 6. The number of benzene rings is 2. The number of anilines is 1. The number of likely N-dealkylation sites (tertiary alicyclic amines) is 1. The molecule has 4 aliphatic rings. The fourth-order valence-electron chi connectivity index (χ4n) is 10.7. The lowest BCUT2D eigenvalue weighted by molar-refractivity contribution is -0.148. The molecular formula is C50H56N10O5S. The van der Waals surface area contributed by atoms with Crippen LogP contribution in [0.25, 0.3) is 32.7 Å². The topological polar surface area (TPSA) is 202 Å². The van der Waals surface area contributed by atoms with Gasteiger partial charge < -0.3 is 35.6 Å². The lowest BCUT2D eigenvalue weighted by atomic mass is 9.47. The van der Waals surface area contributed by atoms with Gasteiger partial charge in [0.05, 0.1) is 33.9 Å². The SMILES string of the molecule is Cc1ncsc1-c1ccc([C@H](C)NC(=O)[C@@H]2C[C@@H](O)CN2C(=O)[C@@H](NC(=O)C2CC3(C2)CC(c2cnc(N4CCc5[nH]c6nnc(-c7ccccc7O)cc6c5C4)nc2)C3)C(C)(C)C)cc1. The van der Waals surface area contributed by atoms with E-state index in [0.717, 1.165) is 88.2 Å². The summed E-state index contributed by atoms with van der Waals surface area (Å²) in [4.78, 5) is 64.1. The number of H-pyrrole nitrogens is 1. The van der Waals surface area contributed by atoms with Crippen LogP contribution in [0.4, 0.5) is 5.95 Å². The van der Waals surface area contributed by atoms with Crippen molar-refractivity contribution in [3.05, 3.63) is 101 Å². The van der Waals surface area contributed by atoms with E-state index in [4.69, 9.17) is 9.97 Å². The largest absolute Gasteiger partial charge is 0.507 e. The molecule has 10 rings (SSSR count). The molecule has 2 saturated carbocycles. The average molecular weight is 909 g/mol. The van der Waals surface area contributed by atoms with Crippen LogP contribution in [-0.4, -0.2) is 94.2 Å². The van der Waals surface area contributed by atoms with E-state index in [1.54, 1.807) is 23.5 Å². The lowest BCUT2D eigenvalue weighted by Gasteiger charge is -2.57. The van der Waals surface area contributed by atoms with Gasteiger partial charge in [-0.25, -0.2) is 15.0 Å².